The lowest BCUT2D eigenvalue weighted by molar-refractivity contribution is -0.189. The Labute approximate surface area is 204 Å². The Morgan fingerprint density at radius 1 is 1.09 bits per heavy atom. The Morgan fingerprint density at radius 2 is 1.74 bits per heavy atom. The summed E-state index contributed by atoms with van der Waals surface area (Å²) in [5, 5.41) is 14.7. The van der Waals surface area contributed by atoms with Gasteiger partial charge in [0.05, 0.1) is 12.5 Å². The van der Waals surface area contributed by atoms with E-state index in [2.05, 4.69) is 10.6 Å². The van der Waals surface area contributed by atoms with Crippen molar-refractivity contribution in [1.29, 1.82) is 0 Å². The molecule has 11 heteroatoms. The van der Waals surface area contributed by atoms with E-state index >= 15 is 0 Å². The summed E-state index contributed by atoms with van der Waals surface area (Å²) in [7, 11) is 0. The number of benzene rings is 1. The first-order chi connectivity index (χ1) is 16.3. The fourth-order valence-electron chi connectivity index (χ4n) is 4.06. The zero-order chi connectivity index (χ0) is 25.8. The minimum Gasteiger partial charge on any atom is -0.481 e. The third-order valence-electron chi connectivity index (χ3n) is 5.34. The standard InChI is InChI=1S/C24H34N2O9/c1-23(2,3)35-21(29)25-12-16-19-20(34-24(4,5)33-19)18(32-16)15(11-17(27)28)26-22(30)31-13-14-9-7-6-8-10-14/h6-10,15-16,18-20H,11-13H2,1-5H3,(H,25,29)(H,26,30)(H,27,28)/t15-,16-,18-,19-,20+/m1/s1. The molecular formula is C24H34N2O9. The van der Waals surface area contributed by atoms with E-state index in [0.717, 1.165) is 5.56 Å². The summed E-state index contributed by atoms with van der Waals surface area (Å²) < 4.78 is 28.6. The zero-order valence-electron chi connectivity index (χ0n) is 20.6. The van der Waals surface area contributed by atoms with Gasteiger partial charge in [-0.2, -0.15) is 0 Å². The molecule has 1 aromatic rings. The molecule has 0 bridgehead atoms. The number of ether oxygens (including phenoxy) is 5. The van der Waals surface area contributed by atoms with Gasteiger partial charge in [-0.1, -0.05) is 30.3 Å². The second-order valence-electron chi connectivity index (χ2n) is 10.00. The van der Waals surface area contributed by atoms with Crippen molar-refractivity contribution < 1.29 is 43.2 Å². The number of carboxylic acid groups (broad SMARTS) is 1. The van der Waals surface area contributed by atoms with Crippen LogP contribution in [0.1, 0.15) is 46.6 Å². The van der Waals surface area contributed by atoms with E-state index in [4.69, 9.17) is 23.7 Å². The molecule has 1 aromatic carbocycles. The van der Waals surface area contributed by atoms with Crippen molar-refractivity contribution in [1.82, 2.24) is 10.6 Å². The van der Waals surface area contributed by atoms with Crippen LogP contribution >= 0.6 is 0 Å². The van der Waals surface area contributed by atoms with Gasteiger partial charge in [0, 0.05) is 6.54 Å². The van der Waals surface area contributed by atoms with Crippen LogP contribution in [0.5, 0.6) is 0 Å². The van der Waals surface area contributed by atoms with E-state index in [1.807, 2.05) is 18.2 Å². The van der Waals surface area contributed by atoms with Crippen LogP contribution in [0.3, 0.4) is 0 Å². The van der Waals surface area contributed by atoms with Crippen molar-refractivity contribution in [3.05, 3.63) is 35.9 Å². The Morgan fingerprint density at radius 3 is 2.37 bits per heavy atom. The molecule has 194 valence electrons. The highest BCUT2D eigenvalue weighted by Crippen LogP contribution is 2.40. The first-order valence-electron chi connectivity index (χ1n) is 11.5. The maximum absolute atomic E-state index is 12.5. The first kappa shape index (κ1) is 26.7. The molecule has 35 heavy (non-hydrogen) atoms. The molecule has 5 atom stereocenters. The normalized spacial score (nSPS) is 25.9. The number of rotatable bonds is 8. The van der Waals surface area contributed by atoms with Crippen molar-refractivity contribution in [2.75, 3.05) is 6.54 Å². The number of hydrogen-bond acceptors (Lipinski definition) is 8. The zero-order valence-corrected chi connectivity index (χ0v) is 20.6. The third-order valence-corrected chi connectivity index (χ3v) is 5.34. The lowest BCUT2D eigenvalue weighted by atomic mass is 10.00. The van der Waals surface area contributed by atoms with Crippen molar-refractivity contribution in [2.45, 2.75) is 89.5 Å². The molecular weight excluding hydrogens is 460 g/mol. The van der Waals surface area contributed by atoms with Crippen molar-refractivity contribution in [3.63, 3.8) is 0 Å². The van der Waals surface area contributed by atoms with Crippen molar-refractivity contribution in [3.8, 4) is 0 Å². The van der Waals surface area contributed by atoms with Crippen LogP contribution in [0.4, 0.5) is 9.59 Å². The minimum absolute atomic E-state index is 0.0269. The Balaban J connectivity index is 1.68. The molecule has 11 nitrogen and oxygen atoms in total. The summed E-state index contributed by atoms with van der Waals surface area (Å²) in [5.74, 6) is -2.09. The smallest absolute Gasteiger partial charge is 0.407 e. The highest BCUT2D eigenvalue weighted by Gasteiger charge is 2.57. The molecule has 3 rings (SSSR count). The van der Waals surface area contributed by atoms with E-state index in [-0.39, 0.29) is 13.2 Å². The summed E-state index contributed by atoms with van der Waals surface area (Å²) in [6.45, 7) is 8.78. The molecule has 0 aliphatic carbocycles. The second-order valence-corrected chi connectivity index (χ2v) is 10.00. The van der Waals surface area contributed by atoms with Gasteiger partial charge < -0.3 is 39.4 Å². The number of hydrogen-bond donors (Lipinski definition) is 3. The Hall–Kier alpha value is -2.89. The van der Waals surface area contributed by atoms with Crippen molar-refractivity contribution in [2.24, 2.45) is 0 Å². The maximum atomic E-state index is 12.5. The molecule has 0 aromatic heterocycles. The molecule has 2 fully saturated rings. The monoisotopic (exact) mass is 494 g/mol. The van der Waals surface area contributed by atoms with Crippen LogP contribution in [-0.4, -0.2) is 71.7 Å². The molecule has 2 aliphatic rings. The SMILES string of the molecule is CC(C)(C)OC(=O)NC[C@H]1O[C@H]([C@@H](CC(=O)O)NC(=O)OCc2ccccc2)[C@@H]2OC(C)(C)O[C@@H]21. The number of aliphatic carboxylic acids is 1. The highest BCUT2D eigenvalue weighted by atomic mass is 16.8. The van der Waals surface area contributed by atoms with Gasteiger partial charge in [-0.05, 0) is 40.2 Å². The summed E-state index contributed by atoms with van der Waals surface area (Å²) in [5.41, 5.74) is 0.120. The summed E-state index contributed by atoms with van der Waals surface area (Å²) in [6.07, 6.45) is -4.61. The molecule has 2 heterocycles. The third kappa shape index (κ3) is 7.81. The number of nitrogens with one attached hydrogen (secondary N) is 2. The Bertz CT molecular complexity index is 900. The number of carbonyl (C=O) groups excluding carboxylic acids is 2. The van der Waals surface area contributed by atoms with Crippen molar-refractivity contribution >= 4 is 18.2 Å². The highest BCUT2D eigenvalue weighted by molar-refractivity contribution is 5.71. The topological polar surface area (TPSA) is 142 Å². The molecule has 2 aliphatic heterocycles. The predicted octanol–water partition coefficient (Wildman–Crippen LogP) is 2.57. The predicted molar refractivity (Wildman–Crippen MR) is 123 cm³/mol. The Kier molecular flexibility index (Phi) is 8.24. The molecule has 2 saturated heterocycles. The summed E-state index contributed by atoms with van der Waals surface area (Å²) in [6, 6.07) is 8.13. The van der Waals surface area contributed by atoms with Gasteiger partial charge in [0.1, 0.15) is 36.6 Å². The summed E-state index contributed by atoms with van der Waals surface area (Å²) >= 11 is 0. The average molecular weight is 495 g/mol. The van der Waals surface area contributed by atoms with E-state index in [1.54, 1.807) is 46.8 Å². The lowest BCUT2D eigenvalue weighted by Crippen LogP contribution is -2.50. The van der Waals surface area contributed by atoms with Crippen LogP contribution in [-0.2, 0) is 35.1 Å². The van der Waals surface area contributed by atoms with Gasteiger partial charge in [0.2, 0.25) is 0 Å². The fourth-order valence-corrected chi connectivity index (χ4v) is 4.06. The van der Waals surface area contributed by atoms with Crippen LogP contribution in [0, 0.1) is 0 Å². The van der Waals surface area contributed by atoms with Crippen LogP contribution < -0.4 is 10.6 Å². The lowest BCUT2D eigenvalue weighted by Gasteiger charge is -2.29. The molecule has 2 amide bonds. The maximum Gasteiger partial charge on any atom is 0.407 e. The number of carbonyl (C=O) groups is 3. The summed E-state index contributed by atoms with van der Waals surface area (Å²) in [4.78, 5) is 36.2. The molecule has 3 N–H and O–H groups in total. The van der Waals surface area contributed by atoms with Gasteiger partial charge in [0.25, 0.3) is 0 Å². The number of fused-ring (bicyclic) bond motifs is 1. The second kappa shape index (κ2) is 10.8. The van der Waals surface area contributed by atoms with Gasteiger partial charge in [0.15, 0.2) is 5.79 Å². The van der Waals surface area contributed by atoms with Gasteiger partial charge in [-0.3, -0.25) is 4.79 Å². The van der Waals surface area contributed by atoms with Gasteiger partial charge in [-0.15, -0.1) is 0 Å². The number of amides is 2. The van der Waals surface area contributed by atoms with E-state index in [0.29, 0.717) is 0 Å². The van der Waals surface area contributed by atoms with E-state index in [1.165, 1.54) is 0 Å². The molecule has 0 saturated carbocycles. The van der Waals surface area contributed by atoms with Crippen LogP contribution in [0.15, 0.2) is 30.3 Å². The molecule has 0 unspecified atom stereocenters. The average Bonchev–Trinajstić information content (AvgIpc) is 3.22. The number of alkyl carbamates (subject to hydrolysis) is 2. The molecule has 0 spiro atoms. The quantitative estimate of drug-likeness (QED) is 0.497. The van der Waals surface area contributed by atoms with Crippen LogP contribution in [0.25, 0.3) is 0 Å². The fraction of sp³-hybridized carbons (Fsp3) is 0.625. The number of carboxylic acids is 1. The molecule has 0 radical (unpaired) electrons. The van der Waals surface area contributed by atoms with E-state index < -0.39 is 66.4 Å². The van der Waals surface area contributed by atoms with E-state index in [9.17, 15) is 19.5 Å². The first-order valence-corrected chi connectivity index (χ1v) is 11.5. The minimum atomic E-state index is -1.13. The van der Waals surface area contributed by atoms with Crippen LogP contribution in [0.2, 0.25) is 0 Å². The van der Waals surface area contributed by atoms with Gasteiger partial charge in [-0.25, -0.2) is 9.59 Å². The largest absolute Gasteiger partial charge is 0.481 e. The van der Waals surface area contributed by atoms with Gasteiger partial charge >= 0.3 is 18.2 Å².